The molecule has 3 rings (SSSR count). The highest BCUT2D eigenvalue weighted by atomic mass is 15.3. The normalized spacial score (nSPS) is 15.2. The van der Waals surface area contributed by atoms with E-state index in [1.54, 1.807) is 0 Å². The van der Waals surface area contributed by atoms with E-state index < -0.39 is 0 Å². The average Bonchev–Trinajstić information content (AvgIpc) is 2.58. The van der Waals surface area contributed by atoms with E-state index in [-0.39, 0.29) is 0 Å². The van der Waals surface area contributed by atoms with Gasteiger partial charge in [0.25, 0.3) is 0 Å². The van der Waals surface area contributed by atoms with Crippen molar-refractivity contribution in [2.75, 3.05) is 23.3 Å². The Hall–Kier alpha value is -2.61. The fraction of sp³-hybridized carbons (Fsp3) is 0.421. The molecule has 124 valence electrons. The standard InChI is InChI=1S/C19H23N5/c1-13-5-4-6-17(11-13)21-16-7-9-24(10-8-16)19-18(12-20)14(2)15(3)22-23-19/h4-6,11,16,21H,7-10H2,1-3H3. The molecule has 24 heavy (non-hydrogen) atoms. The van der Waals surface area contributed by atoms with Gasteiger partial charge in [0, 0.05) is 24.8 Å². The molecule has 1 N–H and O–H groups in total. The van der Waals surface area contributed by atoms with Gasteiger partial charge in [-0.1, -0.05) is 12.1 Å². The van der Waals surface area contributed by atoms with E-state index in [0.717, 1.165) is 43.0 Å². The molecule has 1 aromatic heterocycles. The zero-order chi connectivity index (χ0) is 17.1. The number of anilines is 2. The molecule has 5 nitrogen and oxygen atoms in total. The minimum absolute atomic E-state index is 0.452. The van der Waals surface area contributed by atoms with Gasteiger partial charge < -0.3 is 10.2 Å². The van der Waals surface area contributed by atoms with Crippen molar-refractivity contribution in [2.45, 2.75) is 39.7 Å². The SMILES string of the molecule is Cc1cccc(NC2CCN(c3nnc(C)c(C)c3C#N)CC2)c1. The van der Waals surface area contributed by atoms with E-state index in [0.29, 0.717) is 11.6 Å². The minimum Gasteiger partial charge on any atom is -0.382 e. The molecular weight excluding hydrogens is 298 g/mol. The van der Waals surface area contributed by atoms with E-state index in [2.05, 4.69) is 57.7 Å². The average molecular weight is 321 g/mol. The van der Waals surface area contributed by atoms with Gasteiger partial charge >= 0.3 is 0 Å². The van der Waals surface area contributed by atoms with Gasteiger partial charge in [0.15, 0.2) is 5.82 Å². The van der Waals surface area contributed by atoms with Crippen molar-refractivity contribution in [1.82, 2.24) is 10.2 Å². The minimum atomic E-state index is 0.452. The Morgan fingerprint density at radius 1 is 1.17 bits per heavy atom. The number of hydrogen-bond donors (Lipinski definition) is 1. The fourth-order valence-corrected chi connectivity index (χ4v) is 3.16. The summed E-state index contributed by atoms with van der Waals surface area (Å²) in [6.45, 7) is 7.71. The summed E-state index contributed by atoms with van der Waals surface area (Å²) < 4.78 is 0. The molecule has 2 heterocycles. The zero-order valence-corrected chi connectivity index (χ0v) is 14.5. The lowest BCUT2D eigenvalue weighted by atomic mass is 10.0. The second-order valence-corrected chi connectivity index (χ2v) is 6.50. The van der Waals surface area contributed by atoms with E-state index >= 15 is 0 Å². The Bertz CT molecular complexity index is 770. The third-order valence-corrected chi connectivity index (χ3v) is 4.73. The first kappa shape index (κ1) is 16.3. The molecule has 0 unspecified atom stereocenters. The van der Waals surface area contributed by atoms with Gasteiger partial charge in [0.1, 0.15) is 11.6 Å². The van der Waals surface area contributed by atoms with E-state index in [9.17, 15) is 5.26 Å². The molecule has 0 spiro atoms. The first-order valence-electron chi connectivity index (χ1n) is 8.40. The molecule has 0 aliphatic carbocycles. The number of nitriles is 1. The molecule has 1 saturated heterocycles. The third-order valence-electron chi connectivity index (χ3n) is 4.73. The number of aromatic nitrogens is 2. The molecule has 1 fully saturated rings. The molecule has 1 aliphatic heterocycles. The molecule has 0 bridgehead atoms. The van der Waals surface area contributed by atoms with Gasteiger partial charge in [0.2, 0.25) is 0 Å². The van der Waals surface area contributed by atoms with Crippen LogP contribution in [0.4, 0.5) is 11.5 Å². The highest BCUT2D eigenvalue weighted by molar-refractivity contribution is 5.58. The second-order valence-electron chi connectivity index (χ2n) is 6.50. The van der Waals surface area contributed by atoms with Crippen LogP contribution in [0, 0.1) is 32.1 Å². The van der Waals surface area contributed by atoms with Crippen molar-refractivity contribution >= 4 is 11.5 Å². The van der Waals surface area contributed by atoms with Gasteiger partial charge in [0.05, 0.1) is 5.69 Å². The molecule has 0 saturated carbocycles. The van der Waals surface area contributed by atoms with Crippen LogP contribution < -0.4 is 10.2 Å². The van der Waals surface area contributed by atoms with Crippen molar-refractivity contribution in [2.24, 2.45) is 0 Å². The summed E-state index contributed by atoms with van der Waals surface area (Å²) in [5.41, 5.74) is 4.86. The molecule has 1 aromatic carbocycles. The van der Waals surface area contributed by atoms with Crippen LogP contribution in [0.3, 0.4) is 0 Å². The van der Waals surface area contributed by atoms with Crippen molar-refractivity contribution in [1.29, 1.82) is 5.26 Å². The van der Waals surface area contributed by atoms with Gasteiger partial charge in [-0.3, -0.25) is 0 Å². The maximum atomic E-state index is 9.47. The third kappa shape index (κ3) is 3.33. The summed E-state index contributed by atoms with van der Waals surface area (Å²) in [4.78, 5) is 2.19. The van der Waals surface area contributed by atoms with Crippen molar-refractivity contribution in [3.63, 3.8) is 0 Å². The Kier molecular flexibility index (Phi) is 4.66. The van der Waals surface area contributed by atoms with Crippen LogP contribution >= 0.6 is 0 Å². The molecule has 1 aliphatic rings. The summed E-state index contributed by atoms with van der Waals surface area (Å²) in [6.07, 6.45) is 2.04. The lowest BCUT2D eigenvalue weighted by molar-refractivity contribution is 0.521. The quantitative estimate of drug-likeness (QED) is 0.939. The Labute approximate surface area is 143 Å². The van der Waals surface area contributed by atoms with Crippen LogP contribution in [0.2, 0.25) is 0 Å². The van der Waals surface area contributed by atoms with E-state index in [4.69, 9.17) is 0 Å². The first-order chi connectivity index (χ1) is 11.6. The van der Waals surface area contributed by atoms with Gasteiger partial charge in [-0.05, 0) is 56.9 Å². The predicted octanol–water partition coefficient (Wildman–Crippen LogP) is 3.35. The summed E-state index contributed by atoms with van der Waals surface area (Å²) >= 11 is 0. The monoisotopic (exact) mass is 321 g/mol. The fourth-order valence-electron chi connectivity index (χ4n) is 3.16. The van der Waals surface area contributed by atoms with Crippen LogP contribution in [-0.2, 0) is 0 Å². The van der Waals surface area contributed by atoms with Gasteiger partial charge in [-0.2, -0.15) is 10.4 Å². The highest BCUT2D eigenvalue weighted by Gasteiger charge is 2.23. The largest absolute Gasteiger partial charge is 0.382 e. The maximum Gasteiger partial charge on any atom is 0.169 e. The van der Waals surface area contributed by atoms with Crippen molar-refractivity contribution in [3.05, 3.63) is 46.6 Å². The number of hydrogen-bond acceptors (Lipinski definition) is 5. The maximum absolute atomic E-state index is 9.47. The van der Waals surface area contributed by atoms with Crippen molar-refractivity contribution < 1.29 is 0 Å². The molecule has 0 amide bonds. The molecule has 0 radical (unpaired) electrons. The number of aryl methyl sites for hydroxylation is 2. The molecule has 2 aromatic rings. The first-order valence-corrected chi connectivity index (χ1v) is 8.40. The Morgan fingerprint density at radius 2 is 1.92 bits per heavy atom. The van der Waals surface area contributed by atoms with Crippen LogP contribution in [0.1, 0.15) is 35.2 Å². The number of nitrogens with zero attached hydrogens (tertiary/aromatic N) is 4. The van der Waals surface area contributed by atoms with Crippen LogP contribution in [0.5, 0.6) is 0 Å². The van der Waals surface area contributed by atoms with Crippen LogP contribution in [-0.4, -0.2) is 29.3 Å². The summed E-state index contributed by atoms with van der Waals surface area (Å²) in [6, 6.07) is 11.2. The zero-order valence-electron chi connectivity index (χ0n) is 14.5. The number of nitrogens with one attached hydrogen (secondary N) is 1. The number of benzene rings is 1. The molecule has 0 atom stereocenters. The van der Waals surface area contributed by atoms with Gasteiger partial charge in [-0.25, -0.2) is 0 Å². The van der Waals surface area contributed by atoms with E-state index in [1.807, 2.05) is 13.8 Å². The predicted molar refractivity (Wildman–Crippen MR) is 96.3 cm³/mol. The summed E-state index contributed by atoms with van der Waals surface area (Å²) in [5, 5.41) is 21.6. The van der Waals surface area contributed by atoms with Crippen LogP contribution in [0.25, 0.3) is 0 Å². The smallest absolute Gasteiger partial charge is 0.169 e. The highest BCUT2D eigenvalue weighted by Crippen LogP contribution is 2.25. The second kappa shape index (κ2) is 6.88. The van der Waals surface area contributed by atoms with Crippen LogP contribution in [0.15, 0.2) is 24.3 Å². The van der Waals surface area contributed by atoms with Gasteiger partial charge in [-0.15, -0.1) is 5.10 Å². The summed E-state index contributed by atoms with van der Waals surface area (Å²) in [5.74, 6) is 0.731. The lowest BCUT2D eigenvalue weighted by Crippen LogP contribution is -2.40. The Balaban J connectivity index is 1.68. The lowest BCUT2D eigenvalue weighted by Gasteiger charge is -2.34. The van der Waals surface area contributed by atoms with Crippen molar-refractivity contribution in [3.8, 4) is 6.07 Å². The number of piperidine rings is 1. The summed E-state index contributed by atoms with van der Waals surface area (Å²) in [7, 11) is 0. The molecular formula is C19H23N5. The number of rotatable bonds is 3. The topological polar surface area (TPSA) is 64.8 Å². The van der Waals surface area contributed by atoms with E-state index in [1.165, 1.54) is 11.3 Å². The molecule has 5 heteroatoms. The Morgan fingerprint density at radius 3 is 2.58 bits per heavy atom.